The van der Waals surface area contributed by atoms with Gasteiger partial charge in [0, 0.05) is 12.6 Å². The van der Waals surface area contributed by atoms with Gasteiger partial charge in [-0.3, -0.25) is 4.79 Å². The van der Waals surface area contributed by atoms with Crippen LogP contribution in [0.15, 0.2) is 12.3 Å². The molecular formula is C15H25N3O2. The van der Waals surface area contributed by atoms with Crippen molar-refractivity contribution in [3.63, 3.8) is 0 Å². The second-order valence-electron chi connectivity index (χ2n) is 5.80. The van der Waals surface area contributed by atoms with Crippen LogP contribution in [-0.4, -0.2) is 26.4 Å². The van der Waals surface area contributed by atoms with Crippen LogP contribution >= 0.6 is 0 Å². The normalized spacial score (nSPS) is 17.9. The Morgan fingerprint density at radius 3 is 2.90 bits per heavy atom. The van der Waals surface area contributed by atoms with Gasteiger partial charge in [-0.05, 0) is 19.3 Å². The van der Waals surface area contributed by atoms with E-state index in [-0.39, 0.29) is 12.3 Å². The molecule has 5 nitrogen and oxygen atoms in total. The van der Waals surface area contributed by atoms with E-state index >= 15 is 0 Å². The number of aryl methyl sites for hydroxylation is 1. The minimum Gasteiger partial charge on any atom is -0.389 e. The summed E-state index contributed by atoms with van der Waals surface area (Å²) in [5.74, 6) is 0.607. The van der Waals surface area contributed by atoms with Crippen LogP contribution in [0.2, 0.25) is 0 Å². The van der Waals surface area contributed by atoms with Crippen LogP contribution < -0.4 is 5.32 Å². The maximum absolute atomic E-state index is 12.1. The Hall–Kier alpha value is -1.36. The third-order valence-corrected chi connectivity index (χ3v) is 3.98. The van der Waals surface area contributed by atoms with Crippen LogP contribution in [0.25, 0.3) is 0 Å². The Morgan fingerprint density at radius 2 is 2.20 bits per heavy atom. The predicted molar refractivity (Wildman–Crippen MR) is 78.4 cm³/mol. The lowest BCUT2D eigenvalue weighted by molar-refractivity contribution is -0.122. The van der Waals surface area contributed by atoms with E-state index in [4.69, 9.17) is 0 Å². The average Bonchev–Trinajstić information content (AvgIpc) is 2.83. The van der Waals surface area contributed by atoms with Gasteiger partial charge in [-0.25, -0.2) is 4.68 Å². The fraction of sp³-hybridized carbons (Fsp3) is 0.733. The Morgan fingerprint density at radius 1 is 1.45 bits per heavy atom. The predicted octanol–water partition coefficient (Wildman–Crippen LogP) is 2.71. The molecule has 1 heterocycles. The molecule has 0 aliphatic heterocycles. The molecule has 1 saturated carbocycles. The number of hydrogen-bond acceptors (Lipinski definition) is 3. The zero-order valence-corrected chi connectivity index (χ0v) is 12.3. The highest BCUT2D eigenvalue weighted by molar-refractivity contribution is 5.90. The summed E-state index contributed by atoms with van der Waals surface area (Å²) < 4.78 is 1.81. The number of amides is 1. The number of hydrogen-bond donors (Lipinski definition) is 2. The molecular weight excluding hydrogens is 254 g/mol. The first-order valence-electron chi connectivity index (χ1n) is 7.67. The van der Waals surface area contributed by atoms with Crippen LogP contribution in [-0.2, 0) is 11.3 Å². The van der Waals surface area contributed by atoms with Crippen LogP contribution in [0.1, 0.15) is 58.3 Å². The van der Waals surface area contributed by atoms with E-state index < -0.39 is 5.60 Å². The smallest absolute Gasteiger partial charge is 0.228 e. The Balaban J connectivity index is 1.89. The summed E-state index contributed by atoms with van der Waals surface area (Å²) >= 11 is 0. The first kappa shape index (κ1) is 15.0. The van der Waals surface area contributed by atoms with Crippen molar-refractivity contribution in [3.8, 4) is 0 Å². The second-order valence-corrected chi connectivity index (χ2v) is 5.80. The number of aliphatic hydroxyl groups is 1. The molecule has 1 amide bonds. The fourth-order valence-corrected chi connectivity index (χ4v) is 2.80. The summed E-state index contributed by atoms with van der Waals surface area (Å²) in [4.78, 5) is 12.1. The Bertz CT molecular complexity index is 436. The molecule has 1 fully saturated rings. The van der Waals surface area contributed by atoms with Crippen LogP contribution in [0.4, 0.5) is 5.82 Å². The first-order chi connectivity index (χ1) is 9.63. The minimum absolute atomic E-state index is 0.118. The number of rotatable bonds is 6. The maximum atomic E-state index is 12.1. The third kappa shape index (κ3) is 4.07. The van der Waals surface area contributed by atoms with Crippen molar-refractivity contribution in [2.24, 2.45) is 0 Å². The minimum atomic E-state index is -0.809. The molecule has 1 aliphatic rings. The van der Waals surface area contributed by atoms with E-state index in [0.29, 0.717) is 0 Å². The van der Waals surface area contributed by atoms with Crippen molar-refractivity contribution in [2.45, 2.75) is 70.4 Å². The van der Waals surface area contributed by atoms with Crippen LogP contribution in [0.3, 0.4) is 0 Å². The van der Waals surface area contributed by atoms with Gasteiger partial charge in [-0.2, -0.15) is 5.10 Å². The summed E-state index contributed by atoms with van der Waals surface area (Å²) in [7, 11) is 0. The van der Waals surface area contributed by atoms with Gasteiger partial charge < -0.3 is 10.4 Å². The second kappa shape index (κ2) is 6.88. The molecule has 0 spiro atoms. The van der Waals surface area contributed by atoms with Crippen molar-refractivity contribution in [1.29, 1.82) is 0 Å². The van der Waals surface area contributed by atoms with Gasteiger partial charge in [-0.15, -0.1) is 0 Å². The number of nitrogens with zero attached hydrogens (tertiary/aromatic N) is 2. The fourth-order valence-electron chi connectivity index (χ4n) is 2.80. The van der Waals surface area contributed by atoms with E-state index in [0.717, 1.165) is 57.3 Å². The summed E-state index contributed by atoms with van der Waals surface area (Å²) in [6, 6.07) is 1.80. The number of unbranched alkanes of at least 4 members (excludes halogenated alkanes) is 1. The highest BCUT2D eigenvalue weighted by Gasteiger charge is 2.31. The maximum Gasteiger partial charge on any atom is 0.228 e. The van der Waals surface area contributed by atoms with Crippen molar-refractivity contribution in [1.82, 2.24) is 9.78 Å². The molecule has 20 heavy (non-hydrogen) atoms. The summed E-state index contributed by atoms with van der Waals surface area (Å²) in [5.41, 5.74) is -0.809. The first-order valence-corrected chi connectivity index (χ1v) is 7.67. The molecule has 0 bridgehead atoms. The monoisotopic (exact) mass is 279 g/mol. The zero-order chi connectivity index (χ0) is 14.4. The average molecular weight is 279 g/mol. The van der Waals surface area contributed by atoms with Gasteiger partial charge in [0.1, 0.15) is 5.82 Å². The largest absolute Gasteiger partial charge is 0.389 e. The lowest BCUT2D eigenvalue weighted by atomic mass is 9.82. The molecule has 112 valence electrons. The van der Waals surface area contributed by atoms with Gasteiger partial charge in [0.15, 0.2) is 0 Å². The molecule has 0 atom stereocenters. The van der Waals surface area contributed by atoms with Gasteiger partial charge >= 0.3 is 0 Å². The van der Waals surface area contributed by atoms with Crippen molar-refractivity contribution >= 4 is 11.7 Å². The number of carbonyl (C=O) groups is 1. The molecule has 0 unspecified atom stereocenters. The van der Waals surface area contributed by atoms with Gasteiger partial charge in [0.25, 0.3) is 0 Å². The summed E-state index contributed by atoms with van der Waals surface area (Å²) in [5, 5.41) is 17.5. The highest BCUT2D eigenvalue weighted by Crippen LogP contribution is 2.31. The van der Waals surface area contributed by atoms with E-state index in [9.17, 15) is 9.90 Å². The van der Waals surface area contributed by atoms with E-state index in [2.05, 4.69) is 17.3 Å². The molecule has 0 aromatic carbocycles. The standard InChI is InChI=1S/C15H25N3O2/c1-2-3-11-18-13(7-10-16-18)17-14(19)12-15(20)8-5-4-6-9-15/h7,10,20H,2-6,8-9,11-12H2,1H3,(H,17,19). The zero-order valence-electron chi connectivity index (χ0n) is 12.3. The molecule has 2 rings (SSSR count). The molecule has 5 heteroatoms. The number of carbonyl (C=O) groups excluding carboxylic acids is 1. The quantitative estimate of drug-likeness (QED) is 0.841. The van der Waals surface area contributed by atoms with Crippen molar-refractivity contribution < 1.29 is 9.90 Å². The highest BCUT2D eigenvalue weighted by atomic mass is 16.3. The number of nitrogens with one attached hydrogen (secondary N) is 1. The molecule has 0 saturated heterocycles. The summed E-state index contributed by atoms with van der Waals surface area (Å²) in [6.45, 7) is 2.93. The Kier molecular flexibility index (Phi) is 5.17. The molecule has 1 aliphatic carbocycles. The number of anilines is 1. The van der Waals surface area contributed by atoms with Gasteiger partial charge in [0.2, 0.25) is 5.91 Å². The lowest BCUT2D eigenvalue weighted by Crippen LogP contribution is -2.36. The van der Waals surface area contributed by atoms with Gasteiger partial charge in [-0.1, -0.05) is 32.6 Å². The topological polar surface area (TPSA) is 67.2 Å². The van der Waals surface area contributed by atoms with Crippen LogP contribution in [0.5, 0.6) is 0 Å². The van der Waals surface area contributed by atoms with Gasteiger partial charge in [0.05, 0.1) is 18.2 Å². The van der Waals surface area contributed by atoms with E-state index in [1.165, 1.54) is 0 Å². The molecule has 0 radical (unpaired) electrons. The Labute approximate surface area is 120 Å². The van der Waals surface area contributed by atoms with Crippen molar-refractivity contribution in [3.05, 3.63) is 12.3 Å². The SMILES string of the molecule is CCCCn1nccc1NC(=O)CC1(O)CCCCC1. The summed E-state index contributed by atoms with van der Waals surface area (Å²) in [6.07, 6.45) is 8.66. The lowest BCUT2D eigenvalue weighted by Gasteiger charge is -2.31. The van der Waals surface area contributed by atoms with E-state index in [1.54, 1.807) is 12.3 Å². The molecule has 1 aromatic rings. The molecule has 2 N–H and O–H groups in total. The number of aromatic nitrogens is 2. The van der Waals surface area contributed by atoms with E-state index in [1.807, 2.05) is 4.68 Å². The third-order valence-electron chi connectivity index (χ3n) is 3.98. The van der Waals surface area contributed by atoms with Crippen molar-refractivity contribution in [2.75, 3.05) is 5.32 Å². The van der Waals surface area contributed by atoms with Crippen LogP contribution in [0, 0.1) is 0 Å². The molecule has 1 aromatic heterocycles.